The van der Waals surface area contributed by atoms with E-state index in [2.05, 4.69) is 17.3 Å². The maximum Gasteiger partial charge on any atom is 0.0559 e. The Morgan fingerprint density at radius 1 is 1.47 bits per heavy atom. The molecule has 1 aromatic rings. The molecule has 0 aromatic carbocycles. The molecule has 1 atom stereocenters. The summed E-state index contributed by atoms with van der Waals surface area (Å²) in [5.74, 6) is 0.921. The van der Waals surface area contributed by atoms with Gasteiger partial charge in [-0.2, -0.15) is 5.10 Å². The second-order valence-corrected chi connectivity index (χ2v) is 4.69. The standard InChI is InChI=1S/C12H21N3/c1-11(10-15-8-4-7-14-15)13-9-12-5-2-3-6-12/h4,7-8,11-13H,2-3,5-6,9-10H2,1H3/t11-/m1/s1. The van der Waals surface area contributed by atoms with E-state index in [1.807, 2.05) is 23.1 Å². The minimum atomic E-state index is 0.519. The fourth-order valence-corrected chi connectivity index (χ4v) is 2.34. The molecule has 1 fully saturated rings. The van der Waals surface area contributed by atoms with Crippen molar-refractivity contribution >= 4 is 0 Å². The van der Waals surface area contributed by atoms with Gasteiger partial charge >= 0.3 is 0 Å². The first kappa shape index (κ1) is 10.7. The number of hydrogen-bond donors (Lipinski definition) is 1. The minimum absolute atomic E-state index is 0.519. The van der Waals surface area contributed by atoms with Crippen LogP contribution in [0.2, 0.25) is 0 Å². The van der Waals surface area contributed by atoms with E-state index in [1.54, 1.807) is 0 Å². The molecule has 1 aliphatic carbocycles. The monoisotopic (exact) mass is 207 g/mol. The van der Waals surface area contributed by atoms with Crippen LogP contribution in [0.4, 0.5) is 0 Å². The summed E-state index contributed by atoms with van der Waals surface area (Å²) in [5.41, 5.74) is 0. The van der Waals surface area contributed by atoms with Crippen molar-refractivity contribution in [1.82, 2.24) is 15.1 Å². The lowest BCUT2D eigenvalue weighted by Crippen LogP contribution is -2.33. The zero-order chi connectivity index (χ0) is 10.5. The van der Waals surface area contributed by atoms with Crippen molar-refractivity contribution in [3.63, 3.8) is 0 Å². The summed E-state index contributed by atoms with van der Waals surface area (Å²) in [6.07, 6.45) is 9.56. The quantitative estimate of drug-likeness (QED) is 0.801. The van der Waals surface area contributed by atoms with E-state index in [9.17, 15) is 0 Å². The molecule has 1 aromatic heterocycles. The Bertz CT molecular complexity index is 262. The molecular formula is C12H21N3. The lowest BCUT2D eigenvalue weighted by Gasteiger charge is -2.16. The molecule has 0 bridgehead atoms. The van der Waals surface area contributed by atoms with Gasteiger partial charge in [0.15, 0.2) is 0 Å². The number of nitrogens with zero attached hydrogens (tertiary/aromatic N) is 2. The van der Waals surface area contributed by atoms with Gasteiger partial charge in [0.05, 0.1) is 6.54 Å². The zero-order valence-corrected chi connectivity index (χ0v) is 9.52. The van der Waals surface area contributed by atoms with Crippen LogP contribution in [0.5, 0.6) is 0 Å². The Kier molecular flexibility index (Phi) is 3.78. The molecule has 1 heterocycles. The highest BCUT2D eigenvalue weighted by Gasteiger charge is 2.15. The third-order valence-corrected chi connectivity index (χ3v) is 3.25. The summed E-state index contributed by atoms with van der Waals surface area (Å²) in [7, 11) is 0. The highest BCUT2D eigenvalue weighted by atomic mass is 15.3. The molecule has 1 aliphatic rings. The van der Waals surface area contributed by atoms with Gasteiger partial charge in [0.1, 0.15) is 0 Å². The van der Waals surface area contributed by atoms with Crippen LogP contribution < -0.4 is 5.32 Å². The van der Waals surface area contributed by atoms with E-state index < -0.39 is 0 Å². The van der Waals surface area contributed by atoms with E-state index in [-0.39, 0.29) is 0 Å². The Morgan fingerprint density at radius 3 is 2.93 bits per heavy atom. The van der Waals surface area contributed by atoms with Gasteiger partial charge < -0.3 is 5.32 Å². The number of hydrogen-bond acceptors (Lipinski definition) is 2. The van der Waals surface area contributed by atoms with Crippen LogP contribution in [-0.4, -0.2) is 22.4 Å². The third kappa shape index (κ3) is 3.34. The van der Waals surface area contributed by atoms with Gasteiger partial charge in [-0.3, -0.25) is 4.68 Å². The molecule has 0 radical (unpaired) electrons. The largest absolute Gasteiger partial charge is 0.312 e. The molecule has 3 nitrogen and oxygen atoms in total. The van der Waals surface area contributed by atoms with Gasteiger partial charge in [0.2, 0.25) is 0 Å². The van der Waals surface area contributed by atoms with Crippen molar-refractivity contribution in [2.75, 3.05) is 6.54 Å². The predicted molar refractivity (Wildman–Crippen MR) is 61.6 cm³/mol. The fraction of sp³-hybridized carbons (Fsp3) is 0.750. The van der Waals surface area contributed by atoms with Gasteiger partial charge in [0.25, 0.3) is 0 Å². The zero-order valence-electron chi connectivity index (χ0n) is 9.52. The smallest absolute Gasteiger partial charge is 0.0559 e. The Balaban J connectivity index is 1.66. The predicted octanol–water partition coefficient (Wildman–Crippen LogP) is 2.05. The van der Waals surface area contributed by atoms with E-state index in [0.717, 1.165) is 12.5 Å². The molecule has 0 aliphatic heterocycles. The second kappa shape index (κ2) is 5.31. The average molecular weight is 207 g/mol. The Morgan fingerprint density at radius 2 is 2.27 bits per heavy atom. The first-order valence-corrected chi connectivity index (χ1v) is 6.05. The van der Waals surface area contributed by atoms with E-state index in [1.165, 1.54) is 32.2 Å². The molecule has 0 unspecified atom stereocenters. The summed E-state index contributed by atoms with van der Waals surface area (Å²) in [4.78, 5) is 0. The molecule has 1 N–H and O–H groups in total. The first-order chi connectivity index (χ1) is 7.34. The van der Waals surface area contributed by atoms with Crippen LogP contribution in [0.15, 0.2) is 18.5 Å². The van der Waals surface area contributed by atoms with Gasteiger partial charge in [-0.1, -0.05) is 12.8 Å². The molecule has 1 saturated carbocycles. The molecule has 2 rings (SSSR count). The highest BCUT2D eigenvalue weighted by Crippen LogP contribution is 2.23. The highest BCUT2D eigenvalue weighted by molar-refractivity contribution is 4.79. The molecule has 15 heavy (non-hydrogen) atoms. The van der Waals surface area contributed by atoms with E-state index >= 15 is 0 Å². The summed E-state index contributed by atoms with van der Waals surface area (Å²) in [6, 6.07) is 2.49. The van der Waals surface area contributed by atoms with Crippen LogP contribution >= 0.6 is 0 Å². The maximum absolute atomic E-state index is 4.21. The third-order valence-electron chi connectivity index (χ3n) is 3.25. The minimum Gasteiger partial charge on any atom is -0.312 e. The SMILES string of the molecule is C[C@H](Cn1cccn1)NCC1CCCC1. The Hall–Kier alpha value is -0.830. The van der Waals surface area contributed by atoms with Gasteiger partial charge in [0, 0.05) is 18.4 Å². The van der Waals surface area contributed by atoms with Crippen LogP contribution in [0.1, 0.15) is 32.6 Å². The number of rotatable bonds is 5. The summed E-state index contributed by atoms with van der Waals surface area (Å²) in [6.45, 7) is 4.39. The summed E-state index contributed by atoms with van der Waals surface area (Å²) in [5, 5.41) is 7.81. The van der Waals surface area contributed by atoms with Crippen molar-refractivity contribution in [2.24, 2.45) is 5.92 Å². The van der Waals surface area contributed by atoms with Crippen LogP contribution in [0, 0.1) is 5.92 Å². The van der Waals surface area contributed by atoms with Crippen molar-refractivity contribution in [3.8, 4) is 0 Å². The van der Waals surface area contributed by atoms with E-state index in [4.69, 9.17) is 0 Å². The van der Waals surface area contributed by atoms with Crippen molar-refractivity contribution in [3.05, 3.63) is 18.5 Å². The Labute approximate surface area is 91.9 Å². The van der Waals surface area contributed by atoms with Crippen molar-refractivity contribution in [1.29, 1.82) is 0 Å². The van der Waals surface area contributed by atoms with Crippen LogP contribution in [0.3, 0.4) is 0 Å². The van der Waals surface area contributed by atoms with Gasteiger partial charge in [-0.05, 0) is 38.3 Å². The fourth-order valence-electron chi connectivity index (χ4n) is 2.34. The second-order valence-electron chi connectivity index (χ2n) is 4.69. The maximum atomic E-state index is 4.21. The van der Waals surface area contributed by atoms with Crippen molar-refractivity contribution < 1.29 is 0 Å². The molecule has 0 saturated heterocycles. The lowest BCUT2D eigenvalue weighted by atomic mass is 10.1. The topological polar surface area (TPSA) is 29.9 Å². The lowest BCUT2D eigenvalue weighted by molar-refractivity contribution is 0.403. The average Bonchev–Trinajstić information content (AvgIpc) is 2.86. The first-order valence-electron chi connectivity index (χ1n) is 6.05. The van der Waals surface area contributed by atoms with Gasteiger partial charge in [-0.15, -0.1) is 0 Å². The summed E-state index contributed by atoms with van der Waals surface area (Å²) < 4.78 is 1.99. The number of nitrogens with one attached hydrogen (secondary N) is 1. The normalized spacial score (nSPS) is 19.5. The van der Waals surface area contributed by atoms with E-state index in [0.29, 0.717) is 6.04 Å². The van der Waals surface area contributed by atoms with Crippen LogP contribution in [-0.2, 0) is 6.54 Å². The van der Waals surface area contributed by atoms with Gasteiger partial charge in [-0.25, -0.2) is 0 Å². The summed E-state index contributed by atoms with van der Waals surface area (Å²) >= 11 is 0. The number of aromatic nitrogens is 2. The molecule has 3 heteroatoms. The molecule has 0 amide bonds. The molecule has 0 spiro atoms. The van der Waals surface area contributed by atoms with Crippen molar-refractivity contribution in [2.45, 2.75) is 45.2 Å². The molecular weight excluding hydrogens is 186 g/mol. The van der Waals surface area contributed by atoms with Crippen LogP contribution in [0.25, 0.3) is 0 Å². The molecule has 84 valence electrons.